The summed E-state index contributed by atoms with van der Waals surface area (Å²) < 4.78 is 7.22. The summed E-state index contributed by atoms with van der Waals surface area (Å²) in [5, 5.41) is 17.5. The van der Waals surface area contributed by atoms with Gasteiger partial charge in [0.2, 0.25) is 0 Å². The highest BCUT2D eigenvalue weighted by Gasteiger charge is 2.13. The lowest BCUT2D eigenvalue weighted by Gasteiger charge is -2.28. The number of aromatic nitrogens is 4. The Morgan fingerprint density at radius 1 is 0.968 bits per heavy atom. The summed E-state index contributed by atoms with van der Waals surface area (Å²) in [6.45, 7) is 4.13. The van der Waals surface area contributed by atoms with Gasteiger partial charge < -0.3 is 15.0 Å². The highest BCUT2D eigenvalue weighted by atomic mass is 35.5. The third-order valence-electron chi connectivity index (χ3n) is 5.37. The fraction of sp³-hybridized carbons (Fsp3) is 0.261. The van der Waals surface area contributed by atoms with Crippen molar-refractivity contribution < 1.29 is 4.74 Å². The highest BCUT2D eigenvalue weighted by molar-refractivity contribution is 6.30. The minimum Gasteiger partial charge on any atom is -0.378 e. The maximum atomic E-state index is 6.06. The largest absolute Gasteiger partial charge is 0.378 e. The molecule has 8 heteroatoms. The molecule has 7 nitrogen and oxygen atoms in total. The SMILES string of the molecule is Clc1cccc(CCNc2ccc3nnc(-c4ccc(N5CCOCC5)cc4)n3n2)c1. The molecule has 31 heavy (non-hydrogen) atoms. The molecule has 1 fully saturated rings. The van der Waals surface area contributed by atoms with E-state index in [-0.39, 0.29) is 0 Å². The second-order valence-corrected chi connectivity index (χ2v) is 7.90. The average molecular weight is 435 g/mol. The lowest BCUT2D eigenvalue weighted by Crippen LogP contribution is -2.36. The van der Waals surface area contributed by atoms with Crippen molar-refractivity contribution in [3.63, 3.8) is 0 Å². The number of nitrogens with zero attached hydrogens (tertiary/aromatic N) is 5. The molecule has 0 spiro atoms. The first kappa shape index (κ1) is 19.8. The number of rotatable bonds is 6. The van der Waals surface area contributed by atoms with E-state index in [1.807, 2.05) is 30.3 Å². The van der Waals surface area contributed by atoms with Gasteiger partial charge in [-0.15, -0.1) is 15.3 Å². The Labute approximate surface area is 185 Å². The van der Waals surface area contributed by atoms with Crippen LogP contribution in [-0.4, -0.2) is 52.7 Å². The van der Waals surface area contributed by atoms with E-state index in [2.05, 4.69) is 50.7 Å². The molecule has 0 amide bonds. The van der Waals surface area contributed by atoms with Gasteiger partial charge in [-0.25, -0.2) is 0 Å². The standard InChI is InChI=1S/C23H23ClN6O/c24-19-3-1-2-17(16-19)10-11-25-21-8-9-22-26-27-23(30(22)28-21)18-4-6-20(7-5-18)29-12-14-31-15-13-29/h1-9,16H,10-15H2,(H,25,28). The van der Waals surface area contributed by atoms with Gasteiger partial charge in [0.1, 0.15) is 5.82 Å². The molecule has 1 saturated heterocycles. The fourth-order valence-electron chi connectivity index (χ4n) is 3.73. The number of ether oxygens (including phenoxy) is 1. The molecule has 1 N–H and O–H groups in total. The second kappa shape index (κ2) is 8.91. The van der Waals surface area contributed by atoms with Gasteiger partial charge in [-0.1, -0.05) is 23.7 Å². The lowest BCUT2D eigenvalue weighted by molar-refractivity contribution is 0.122. The zero-order chi connectivity index (χ0) is 21.0. The van der Waals surface area contributed by atoms with Gasteiger partial charge in [-0.05, 0) is 60.5 Å². The van der Waals surface area contributed by atoms with Crippen LogP contribution < -0.4 is 10.2 Å². The summed E-state index contributed by atoms with van der Waals surface area (Å²) in [4.78, 5) is 2.33. The molecule has 0 aliphatic carbocycles. The number of anilines is 2. The Morgan fingerprint density at radius 3 is 2.61 bits per heavy atom. The second-order valence-electron chi connectivity index (χ2n) is 7.47. The van der Waals surface area contributed by atoms with E-state index >= 15 is 0 Å². The van der Waals surface area contributed by atoms with Crippen molar-refractivity contribution in [3.8, 4) is 11.4 Å². The van der Waals surface area contributed by atoms with Gasteiger partial charge in [0, 0.05) is 35.9 Å². The van der Waals surface area contributed by atoms with E-state index in [0.717, 1.165) is 61.5 Å². The van der Waals surface area contributed by atoms with Crippen molar-refractivity contribution in [1.29, 1.82) is 0 Å². The predicted molar refractivity (Wildman–Crippen MR) is 123 cm³/mol. The Hall–Kier alpha value is -3.16. The fourth-order valence-corrected chi connectivity index (χ4v) is 3.95. The highest BCUT2D eigenvalue weighted by Crippen LogP contribution is 2.23. The van der Waals surface area contributed by atoms with Crippen molar-refractivity contribution in [3.05, 3.63) is 71.2 Å². The summed E-state index contributed by atoms with van der Waals surface area (Å²) in [5.74, 6) is 1.50. The van der Waals surface area contributed by atoms with Crippen molar-refractivity contribution in [1.82, 2.24) is 19.8 Å². The van der Waals surface area contributed by atoms with E-state index in [1.165, 1.54) is 11.3 Å². The minimum atomic E-state index is 0.715. The molecule has 4 aromatic rings. The van der Waals surface area contributed by atoms with Crippen LogP contribution in [0.5, 0.6) is 0 Å². The molecular formula is C23H23ClN6O. The van der Waals surface area contributed by atoms with Gasteiger partial charge in [0.25, 0.3) is 0 Å². The summed E-state index contributed by atoms with van der Waals surface area (Å²) in [7, 11) is 0. The van der Waals surface area contributed by atoms with Crippen LogP contribution in [0.3, 0.4) is 0 Å². The normalized spacial score (nSPS) is 14.2. The zero-order valence-electron chi connectivity index (χ0n) is 17.0. The van der Waals surface area contributed by atoms with Crippen molar-refractivity contribution in [2.45, 2.75) is 6.42 Å². The van der Waals surface area contributed by atoms with Gasteiger partial charge >= 0.3 is 0 Å². The maximum absolute atomic E-state index is 6.06. The number of morpholine rings is 1. The van der Waals surface area contributed by atoms with Crippen LogP contribution in [-0.2, 0) is 11.2 Å². The molecule has 0 radical (unpaired) electrons. The van der Waals surface area contributed by atoms with E-state index < -0.39 is 0 Å². The molecule has 0 atom stereocenters. The number of hydrogen-bond acceptors (Lipinski definition) is 6. The van der Waals surface area contributed by atoms with Crippen LogP contribution in [0.1, 0.15) is 5.56 Å². The van der Waals surface area contributed by atoms with Gasteiger partial charge in [0.05, 0.1) is 13.2 Å². The van der Waals surface area contributed by atoms with Gasteiger partial charge in [0.15, 0.2) is 11.5 Å². The molecular weight excluding hydrogens is 412 g/mol. The molecule has 2 aromatic carbocycles. The Balaban J connectivity index is 1.31. The summed E-state index contributed by atoms with van der Waals surface area (Å²) in [6, 6.07) is 20.1. The Kier molecular flexibility index (Phi) is 5.69. The molecule has 0 saturated carbocycles. The summed E-state index contributed by atoms with van der Waals surface area (Å²) >= 11 is 6.06. The molecule has 3 heterocycles. The summed E-state index contributed by atoms with van der Waals surface area (Å²) in [6.07, 6.45) is 0.859. The van der Waals surface area contributed by atoms with E-state index in [0.29, 0.717) is 5.65 Å². The number of benzene rings is 2. The van der Waals surface area contributed by atoms with Crippen LogP contribution >= 0.6 is 11.6 Å². The number of halogens is 1. The van der Waals surface area contributed by atoms with Crippen LogP contribution in [0, 0.1) is 0 Å². The molecule has 0 unspecified atom stereocenters. The van der Waals surface area contributed by atoms with Gasteiger partial charge in [-0.2, -0.15) is 4.52 Å². The number of nitrogens with one attached hydrogen (secondary N) is 1. The molecule has 1 aliphatic rings. The van der Waals surface area contributed by atoms with Crippen LogP contribution in [0.2, 0.25) is 5.02 Å². The maximum Gasteiger partial charge on any atom is 0.185 e. The lowest BCUT2D eigenvalue weighted by atomic mass is 10.1. The van der Waals surface area contributed by atoms with Crippen molar-refractivity contribution in [2.75, 3.05) is 43.1 Å². The molecule has 1 aliphatic heterocycles. The van der Waals surface area contributed by atoms with Crippen LogP contribution in [0.4, 0.5) is 11.5 Å². The molecule has 2 aromatic heterocycles. The third kappa shape index (κ3) is 4.47. The molecule has 5 rings (SSSR count). The minimum absolute atomic E-state index is 0.715. The van der Waals surface area contributed by atoms with Gasteiger partial charge in [-0.3, -0.25) is 0 Å². The first-order chi connectivity index (χ1) is 15.3. The average Bonchev–Trinajstić information content (AvgIpc) is 3.23. The predicted octanol–water partition coefficient (Wildman–Crippen LogP) is 3.94. The summed E-state index contributed by atoms with van der Waals surface area (Å²) in [5.41, 5.74) is 4.07. The van der Waals surface area contributed by atoms with Crippen LogP contribution in [0.25, 0.3) is 17.0 Å². The van der Waals surface area contributed by atoms with Crippen molar-refractivity contribution in [2.24, 2.45) is 0 Å². The smallest absolute Gasteiger partial charge is 0.185 e. The monoisotopic (exact) mass is 434 g/mol. The third-order valence-corrected chi connectivity index (χ3v) is 5.61. The Morgan fingerprint density at radius 2 is 1.81 bits per heavy atom. The number of hydrogen-bond donors (Lipinski definition) is 1. The molecule has 0 bridgehead atoms. The van der Waals surface area contributed by atoms with E-state index in [1.54, 1.807) is 4.52 Å². The van der Waals surface area contributed by atoms with E-state index in [4.69, 9.17) is 21.4 Å². The van der Waals surface area contributed by atoms with Crippen LogP contribution in [0.15, 0.2) is 60.7 Å². The van der Waals surface area contributed by atoms with Crippen molar-refractivity contribution >= 4 is 28.8 Å². The molecule has 158 valence electrons. The quantitative estimate of drug-likeness (QED) is 0.496. The number of fused-ring (bicyclic) bond motifs is 1. The zero-order valence-corrected chi connectivity index (χ0v) is 17.8. The first-order valence-corrected chi connectivity index (χ1v) is 10.8. The first-order valence-electron chi connectivity index (χ1n) is 10.4. The van der Waals surface area contributed by atoms with E-state index in [9.17, 15) is 0 Å². The Bertz CT molecular complexity index is 1170. The topological polar surface area (TPSA) is 67.6 Å².